The van der Waals surface area contributed by atoms with Gasteiger partial charge in [0.1, 0.15) is 0 Å². The van der Waals surface area contributed by atoms with E-state index in [1.807, 2.05) is 74.5 Å². The quantitative estimate of drug-likeness (QED) is 0.572. The van der Waals surface area contributed by atoms with Crippen LogP contribution in [0.1, 0.15) is 29.0 Å². The molecule has 3 aromatic carbocycles. The van der Waals surface area contributed by atoms with Crippen LogP contribution in [0.25, 0.3) is 10.8 Å². The predicted octanol–water partition coefficient (Wildman–Crippen LogP) is 5.17. The standard InChI is InChI=1S/C26H23N3O2S/c1-16-7-5-12-23(17(16)2)28-25(31)15-32-26-22(14-27)21(13-24(30)29-26)20-11-6-9-18-8-3-4-10-19(18)20/h3-12,21H,13,15H2,1-2H3,(H,28,31)(H,29,30). The van der Waals surface area contributed by atoms with Gasteiger partial charge in [0.2, 0.25) is 11.8 Å². The van der Waals surface area contributed by atoms with E-state index >= 15 is 0 Å². The highest BCUT2D eigenvalue weighted by atomic mass is 32.2. The lowest BCUT2D eigenvalue weighted by Crippen LogP contribution is -2.31. The molecule has 2 amide bonds. The second kappa shape index (κ2) is 9.29. The normalized spacial score (nSPS) is 15.9. The van der Waals surface area contributed by atoms with Crippen LogP contribution in [-0.4, -0.2) is 17.6 Å². The van der Waals surface area contributed by atoms with Crippen LogP contribution in [0.4, 0.5) is 5.69 Å². The van der Waals surface area contributed by atoms with Gasteiger partial charge in [0.05, 0.1) is 22.4 Å². The van der Waals surface area contributed by atoms with Crippen molar-refractivity contribution >= 4 is 40.0 Å². The van der Waals surface area contributed by atoms with Crippen LogP contribution in [0.3, 0.4) is 0 Å². The molecule has 3 aromatic rings. The molecule has 4 rings (SSSR count). The van der Waals surface area contributed by atoms with Crippen LogP contribution >= 0.6 is 11.8 Å². The monoisotopic (exact) mass is 441 g/mol. The van der Waals surface area contributed by atoms with E-state index in [4.69, 9.17) is 0 Å². The number of rotatable bonds is 5. The summed E-state index contributed by atoms with van der Waals surface area (Å²) in [5.74, 6) is -0.588. The van der Waals surface area contributed by atoms with E-state index in [2.05, 4.69) is 16.7 Å². The summed E-state index contributed by atoms with van der Waals surface area (Å²) in [6, 6.07) is 21.9. The van der Waals surface area contributed by atoms with Crippen LogP contribution in [0.5, 0.6) is 0 Å². The van der Waals surface area contributed by atoms with Gasteiger partial charge in [0.15, 0.2) is 0 Å². The number of hydrogen-bond donors (Lipinski definition) is 2. The van der Waals surface area contributed by atoms with Crippen molar-refractivity contribution in [2.45, 2.75) is 26.2 Å². The van der Waals surface area contributed by atoms with E-state index in [1.165, 1.54) is 11.8 Å². The Hall–Kier alpha value is -3.56. The van der Waals surface area contributed by atoms with Crippen molar-refractivity contribution in [2.75, 3.05) is 11.1 Å². The maximum atomic E-state index is 12.6. The van der Waals surface area contributed by atoms with Crippen LogP contribution in [0.15, 0.2) is 71.3 Å². The summed E-state index contributed by atoms with van der Waals surface area (Å²) >= 11 is 1.19. The third-order valence-corrected chi connectivity index (χ3v) is 6.80. The zero-order chi connectivity index (χ0) is 22.7. The van der Waals surface area contributed by atoms with Crippen LogP contribution in [-0.2, 0) is 9.59 Å². The summed E-state index contributed by atoms with van der Waals surface area (Å²) in [5.41, 5.74) is 4.33. The zero-order valence-electron chi connectivity index (χ0n) is 17.9. The Labute approximate surface area is 191 Å². The molecule has 1 atom stereocenters. The molecule has 0 saturated heterocycles. The summed E-state index contributed by atoms with van der Waals surface area (Å²) in [6.45, 7) is 3.96. The van der Waals surface area contributed by atoms with Crippen LogP contribution in [0.2, 0.25) is 0 Å². The zero-order valence-corrected chi connectivity index (χ0v) is 18.8. The Morgan fingerprint density at radius 1 is 1.12 bits per heavy atom. The number of allylic oxidation sites excluding steroid dienone is 1. The lowest BCUT2D eigenvalue weighted by atomic mass is 9.84. The van der Waals surface area contributed by atoms with Gasteiger partial charge in [-0.2, -0.15) is 5.26 Å². The topological polar surface area (TPSA) is 82.0 Å². The maximum Gasteiger partial charge on any atom is 0.234 e. The molecular formula is C26H23N3O2S. The Kier molecular flexibility index (Phi) is 6.29. The third-order valence-electron chi connectivity index (χ3n) is 5.78. The fraction of sp³-hybridized carbons (Fsp3) is 0.192. The fourth-order valence-corrected chi connectivity index (χ4v) is 4.84. The van der Waals surface area contributed by atoms with Gasteiger partial charge in [-0.25, -0.2) is 0 Å². The summed E-state index contributed by atoms with van der Waals surface area (Å²) in [4.78, 5) is 25.1. The SMILES string of the molecule is Cc1cccc(NC(=O)CSC2=C(C#N)C(c3cccc4ccccc34)CC(=O)N2)c1C. The number of fused-ring (bicyclic) bond motifs is 1. The first kappa shape index (κ1) is 21.7. The van der Waals surface area contributed by atoms with E-state index in [9.17, 15) is 14.9 Å². The van der Waals surface area contributed by atoms with Gasteiger partial charge in [-0.05, 0) is 47.4 Å². The van der Waals surface area contributed by atoms with Crippen LogP contribution < -0.4 is 10.6 Å². The average molecular weight is 442 g/mol. The number of nitrogens with zero attached hydrogens (tertiary/aromatic N) is 1. The van der Waals surface area contributed by atoms with E-state index in [1.54, 1.807) is 0 Å². The number of nitriles is 1. The minimum Gasteiger partial charge on any atom is -0.325 e. The highest BCUT2D eigenvalue weighted by Crippen LogP contribution is 2.38. The van der Waals surface area contributed by atoms with Crippen LogP contribution in [0, 0.1) is 25.2 Å². The molecule has 2 N–H and O–H groups in total. The second-order valence-electron chi connectivity index (χ2n) is 7.81. The molecule has 1 aliphatic heterocycles. The molecule has 1 heterocycles. The molecule has 0 saturated carbocycles. The first-order valence-corrected chi connectivity index (χ1v) is 11.4. The molecule has 6 heteroatoms. The maximum absolute atomic E-state index is 12.6. The molecule has 1 unspecified atom stereocenters. The Morgan fingerprint density at radius 3 is 2.69 bits per heavy atom. The number of thioether (sulfide) groups is 1. The van der Waals surface area contributed by atoms with Crippen molar-refractivity contribution in [1.29, 1.82) is 5.26 Å². The molecule has 5 nitrogen and oxygen atoms in total. The third kappa shape index (κ3) is 4.39. The van der Waals surface area contributed by atoms with Gasteiger partial charge < -0.3 is 10.6 Å². The molecule has 0 spiro atoms. The van der Waals surface area contributed by atoms with Crippen molar-refractivity contribution in [3.63, 3.8) is 0 Å². The van der Waals surface area contributed by atoms with E-state index in [-0.39, 0.29) is 29.9 Å². The minimum atomic E-state index is -0.343. The summed E-state index contributed by atoms with van der Waals surface area (Å²) < 4.78 is 0. The first-order chi connectivity index (χ1) is 15.5. The summed E-state index contributed by atoms with van der Waals surface area (Å²) in [5, 5.41) is 18.2. The van der Waals surface area contributed by atoms with Crippen molar-refractivity contribution in [3.05, 3.63) is 88.0 Å². The number of amides is 2. The highest BCUT2D eigenvalue weighted by molar-refractivity contribution is 8.03. The van der Waals surface area contributed by atoms with E-state index in [0.717, 1.165) is 33.2 Å². The number of nitrogens with one attached hydrogen (secondary N) is 2. The Bertz CT molecular complexity index is 1280. The predicted molar refractivity (Wildman–Crippen MR) is 129 cm³/mol. The molecule has 0 aromatic heterocycles. The van der Waals surface area contributed by atoms with Gasteiger partial charge in [-0.1, -0.05) is 66.4 Å². The largest absolute Gasteiger partial charge is 0.325 e. The first-order valence-electron chi connectivity index (χ1n) is 10.4. The van der Waals surface area contributed by atoms with Gasteiger partial charge in [0, 0.05) is 18.0 Å². The van der Waals surface area contributed by atoms with E-state index in [0.29, 0.717) is 10.6 Å². The van der Waals surface area contributed by atoms with E-state index < -0.39 is 0 Å². The Balaban J connectivity index is 1.59. The highest BCUT2D eigenvalue weighted by Gasteiger charge is 2.30. The second-order valence-corrected chi connectivity index (χ2v) is 8.80. The number of aryl methyl sites for hydroxylation is 1. The molecule has 0 bridgehead atoms. The number of benzene rings is 3. The number of anilines is 1. The molecule has 0 aliphatic carbocycles. The number of carbonyl (C=O) groups is 2. The van der Waals surface area contributed by atoms with Crippen molar-refractivity contribution in [1.82, 2.24) is 5.32 Å². The van der Waals surface area contributed by atoms with Crippen molar-refractivity contribution < 1.29 is 9.59 Å². The summed E-state index contributed by atoms with van der Waals surface area (Å²) in [6.07, 6.45) is 0.204. The molecule has 1 aliphatic rings. The fourth-order valence-electron chi connectivity index (χ4n) is 3.96. The number of carbonyl (C=O) groups excluding carboxylic acids is 2. The van der Waals surface area contributed by atoms with Gasteiger partial charge in [-0.3, -0.25) is 9.59 Å². The number of hydrogen-bond acceptors (Lipinski definition) is 4. The molecular weight excluding hydrogens is 418 g/mol. The minimum absolute atomic E-state index is 0.0937. The molecule has 32 heavy (non-hydrogen) atoms. The molecule has 0 fully saturated rings. The van der Waals surface area contributed by atoms with Crippen molar-refractivity contribution in [3.8, 4) is 6.07 Å². The Morgan fingerprint density at radius 2 is 1.88 bits per heavy atom. The lowest BCUT2D eigenvalue weighted by molar-refractivity contribution is -0.121. The lowest BCUT2D eigenvalue weighted by Gasteiger charge is -2.26. The molecule has 0 radical (unpaired) electrons. The van der Waals surface area contributed by atoms with Gasteiger partial charge >= 0.3 is 0 Å². The van der Waals surface area contributed by atoms with Gasteiger partial charge in [-0.15, -0.1) is 0 Å². The van der Waals surface area contributed by atoms with Gasteiger partial charge in [0.25, 0.3) is 0 Å². The summed E-state index contributed by atoms with van der Waals surface area (Å²) in [7, 11) is 0. The smallest absolute Gasteiger partial charge is 0.234 e. The molecule has 160 valence electrons. The average Bonchev–Trinajstić information content (AvgIpc) is 2.80. The van der Waals surface area contributed by atoms with Crippen molar-refractivity contribution in [2.24, 2.45) is 0 Å².